The third-order valence-corrected chi connectivity index (χ3v) is 16.7. The molecule has 0 bridgehead atoms. The van der Waals surface area contributed by atoms with E-state index in [1.54, 1.807) is 42.4 Å². The summed E-state index contributed by atoms with van der Waals surface area (Å²) in [6.07, 6.45) is 6.43. The van der Waals surface area contributed by atoms with Crippen LogP contribution in [0.3, 0.4) is 0 Å². The summed E-state index contributed by atoms with van der Waals surface area (Å²) in [7, 11) is 1.22. The number of hydrogen-bond donors (Lipinski definition) is 5. The molecule has 0 radical (unpaired) electrons. The molecule has 1 aliphatic rings. The molecule has 1 aliphatic carbocycles. The molecule has 1 saturated carbocycles. The first-order valence-electron chi connectivity index (χ1n) is 25.7. The van der Waals surface area contributed by atoms with Gasteiger partial charge in [0.05, 0.1) is 29.1 Å². The smallest absolute Gasteiger partial charge is 0.325 e. The second-order valence-corrected chi connectivity index (χ2v) is 21.3. The van der Waals surface area contributed by atoms with E-state index in [0.29, 0.717) is 30.6 Å². The zero-order valence-electron chi connectivity index (χ0n) is 42.8. The van der Waals surface area contributed by atoms with Crippen LogP contribution in [0.1, 0.15) is 64.6 Å². The van der Waals surface area contributed by atoms with Crippen molar-refractivity contribution in [3.8, 4) is 0 Å². The van der Waals surface area contributed by atoms with Crippen molar-refractivity contribution < 1.29 is 33.8 Å². The van der Waals surface area contributed by atoms with E-state index in [2.05, 4.69) is 99.0 Å². The van der Waals surface area contributed by atoms with Crippen molar-refractivity contribution >= 4 is 53.1 Å². The molecule has 0 aliphatic heterocycles. The van der Waals surface area contributed by atoms with E-state index in [-0.39, 0.29) is 25.1 Å². The highest BCUT2D eigenvalue weighted by molar-refractivity contribution is 8.00. The molecule has 0 spiro atoms. The summed E-state index contributed by atoms with van der Waals surface area (Å²) in [4.78, 5) is 73.3. The van der Waals surface area contributed by atoms with Crippen LogP contribution in [0.5, 0.6) is 0 Å². The Morgan fingerprint density at radius 1 is 0.623 bits per heavy atom. The summed E-state index contributed by atoms with van der Waals surface area (Å²) < 4.78 is 3.32. The van der Waals surface area contributed by atoms with Crippen molar-refractivity contribution in [2.75, 3.05) is 25.2 Å². The van der Waals surface area contributed by atoms with Crippen molar-refractivity contribution in [2.24, 2.45) is 0 Å². The number of hydrogen-bond acceptors (Lipinski definition) is 10. The maximum absolute atomic E-state index is 14.8. The molecule has 1 fully saturated rings. The quantitative estimate of drug-likeness (QED) is 0.0153. The van der Waals surface area contributed by atoms with Crippen molar-refractivity contribution in [1.82, 2.24) is 26.3 Å². The maximum Gasteiger partial charge on any atom is 0.325 e. The zero-order chi connectivity index (χ0) is 53.9. The molecule has 6 aromatic carbocycles. The van der Waals surface area contributed by atoms with Gasteiger partial charge in [0.1, 0.15) is 24.2 Å². The highest BCUT2D eigenvalue weighted by Crippen LogP contribution is 2.50. The van der Waals surface area contributed by atoms with E-state index in [1.807, 2.05) is 115 Å². The topological polar surface area (TPSA) is 176 Å². The molecule has 0 unspecified atom stereocenters. The number of amides is 4. The molecule has 77 heavy (non-hydrogen) atoms. The van der Waals surface area contributed by atoms with Crippen molar-refractivity contribution in [2.45, 2.75) is 65.3 Å². The van der Waals surface area contributed by atoms with Crippen LogP contribution in [-0.2, 0) is 44.6 Å². The van der Waals surface area contributed by atoms with E-state index in [9.17, 15) is 29.1 Å². The van der Waals surface area contributed by atoms with Gasteiger partial charge in [-0.05, 0) is 70.0 Å². The Hall–Kier alpha value is -7.78. The molecule has 394 valence electrons. The maximum atomic E-state index is 14.8. The van der Waals surface area contributed by atoms with Crippen LogP contribution in [0, 0.1) is 0 Å². The van der Waals surface area contributed by atoms with Crippen LogP contribution in [-0.4, -0.2) is 88.6 Å². The number of aliphatic hydroxyl groups is 1. The Morgan fingerprint density at radius 2 is 1.09 bits per heavy atom. The fraction of sp³-hybridized carbons (Fsp3) is 0.238. The van der Waals surface area contributed by atoms with E-state index >= 15 is 0 Å². The van der Waals surface area contributed by atoms with Crippen LogP contribution in [0.4, 0.5) is 0 Å². The van der Waals surface area contributed by atoms with Crippen molar-refractivity contribution in [1.29, 1.82) is 0 Å². The number of pyridine rings is 1. The van der Waals surface area contributed by atoms with Crippen LogP contribution < -0.4 is 21.3 Å². The first-order chi connectivity index (χ1) is 37.6. The number of thioether (sulfide) groups is 2. The summed E-state index contributed by atoms with van der Waals surface area (Å²) in [5.74, 6) is -2.36. The normalized spacial score (nSPS) is 14.1. The fourth-order valence-electron chi connectivity index (χ4n) is 9.46. The molecule has 7 aromatic rings. The highest BCUT2D eigenvalue weighted by Gasteiger charge is 2.52. The standard InChI is InChI=1S/C63H63N5O7S2/c1-75-57(71)44-65-60(74)61(37-38-61)68-59(73)55(45-77-63(50-30-14-5-15-31-50,51-32-16-6-17-33-51)52-34-18-7-19-35-52)67-58(72)54(41-46-23-22-39-64-43-46)66-56(70)42-53(69)36-20-21-40-76-62(47-24-8-2-9-25-47,48-26-10-3-11-27-48)49-28-12-4-13-29-49/h2-20,22-36,39,43,53-55,69H,21,37-38,40-42,44-45H2,1H3,(H,65,74)(H,66,70)(H,67,72)(H,68,73)/b36-20+/t53-,54-,55-/m1/s1. The van der Waals surface area contributed by atoms with E-state index in [0.717, 1.165) is 33.4 Å². The van der Waals surface area contributed by atoms with Crippen LogP contribution >= 0.6 is 23.5 Å². The van der Waals surface area contributed by atoms with Crippen LogP contribution in [0.25, 0.3) is 0 Å². The zero-order valence-corrected chi connectivity index (χ0v) is 44.5. The number of nitrogens with one attached hydrogen (secondary N) is 4. The third kappa shape index (κ3) is 14.0. The highest BCUT2D eigenvalue weighted by atomic mass is 32.2. The van der Waals surface area contributed by atoms with E-state index < -0.39 is 62.8 Å². The molecule has 0 saturated heterocycles. The number of aliphatic hydroxyl groups excluding tert-OH is 1. The summed E-state index contributed by atoms with van der Waals surface area (Å²) in [5, 5.41) is 22.6. The minimum absolute atomic E-state index is 0.00857. The first-order valence-corrected chi connectivity index (χ1v) is 27.6. The number of aromatic nitrogens is 1. The van der Waals surface area contributed by atoms with Gasteiger partial charge in [0, 0.05) is 24.6 Å². The second kappa shape index (κ2) is 26.8. The molecule has 1 heterocycles. The Morgan fingerprint density at radius 3 is 1.52 bits per heavy atom. The van der Waals surface area contributed by atoms with Gasteiger partial charge >= 0.3 is 5.97 Å². The minimum atomic E-state index is -1.31. The Kier molecular flexibility index (Phi) is 19.3. The minimum Gasteiger partial charge on any atom is -0.468 e. The van der Waals surface area contributed by atoms with Crippen LogP contribution in [0.2, 0.25) is 0 Å². The van der Waals surface area contributed by atoms with Gasteiger partial charge in [-0.25, -0.2) is 0 Å². The molecule has 14 heteroatoms. The van der Waals surface area contributed by atoms with Crippen LogP contribution in [0.15, 0.2) is 219 Å². The van der Waals surface area contributed by atoms with Gasteiger partial charge in [0.25, 0.3) is 0 Å². The summed E-state index contributed by atoms with van der Waals surface area (Å²) >= 11 is 3.25. The predicted molar refractivity (Wildman–Crippen MR) is 305 cm³/mol. The Labute approximate surface area is 458 Å². The number of rotatable bonds is 26. The number of ether oxygens (including phenoxy) is 1. The second-order valence-electron chi connectivity index (χ2n) is 18.8. The lowest BCUT2D eigenvalue weighted by Crippen LogP contribution is -2.59. The lowest BCUT2D eigenvalue weighted by Gasteiger charge is -2.37. The van der Waals surface area contributed by atoms with Gasteiger partial charge in [-0.1, -0.05) is 200 Å². The Balaban J connectivity index is 1.01. The van der Waals surface area contributed by atoms with Gasteiger partial charge in [-0.15, -0.1) is 23.5 Å². The van der Waals surface area contributed by atoms with Gasteiger partial charge < -0.3 is 31.1 Å². The molecular weight excluding hydrogens is 1000 g/mol. The number of benzene rings is 6. The lowest BCUT2D eigenvalue weighted by molar-refractivity contribution is -0.141. The SMILES string of the molecule is COC(=O)CNC(=O)C1(NC(=O)[C@@H](CSC(c2ccccc2)(c2ccccc2)c2ccccc2)NC(=O)[C@@H](Cc2cccnc2)NC(=O)C[C@H](O)/C=C/CCSC(c2ccccc2)(c2ccccc2)c2ccccc2)CC1. The molecule has 12 nitrogen and oxygen atoms in total. The molecule has 5 N–H and O–H groups in total. The average Bonchev–Trinajstić information content (AvgIpc) is 4.28. The molecule has 8 rings (SSSR count). The number of methoxy groups -OCH3 is 1. The number of esters is 1. The molecule has 3 atom stereocenters. The fourth-order valence-corrected chi connectivity index (χ4v) is 12.5. The largest absolute Gasteiger partial charge is 0.468 e. The van der Waals surface area contributed by atoms with Crippen molar-refractivity contribution in [3.05, 3.63) is 258 Å². The molecule has 1 aromatic heterocycles. The lowest BCUT2D eigenvalue weighted by atomic mass is 9.84. The van der Waals surface area contributed by atoms with Gasteiger partial charge in [0.15, 0.2) is 0 Å². The first kappa shape index (κ1) is 55.5. The van der Waals surface area contributed by atoms with E-state index in [1.165, 1.54) is 18.9 Å². The number of carbonyl (C=O) groups excluding carboxylic acids is 5. The average molecular weight is 1070 g/mol. The number of nitrogens with zero attached hydrogens (tertiary/aromatic N) is 1. The number of carbonyl (C=O) groups is 5. The number of allylic oxidation sites excluding steroid dienone is 1. The van der Waals surface area contributed by atoms with E-state index in [4.69, 9.17) is 4.74 Å². The molecular formula is C63H63N5O7S2. The summed E-state index contributed by atoms with van der Waals surface area (Å²) in [6, 6.07) is 62.0. The monoisotopic (exact) mass is 1070 g/mol. The Bertz CT molecular complexity index is 2850. The van der Waals surface area contributed by atoms with Gasteiger partial charge in [-0.2, -0.15) is 0 Å². The predicted octanol–water partition coefficient (Wildman–Crippen LogP) is 8.68. The molecule has 4 amide bonds. The summed E-state index contributed by atoms with van der Waals surface area (Å²) in [5.41, 5.74) is 5.56. The van der Waals surface area contributed by atoms with Crippen molar-refractivity contribution in [3.63, 3.8) is 0 Å². The third-order valence-electron chi connectivity index (χ3n) is 13.5. The van der Waals surface area contributed by atoms with Gasteiger partial charge in [0.2, 0.25) is 23.6 Å². The van der Waals surface area contributed by atoms with Gasteiger partial charge in [-0.3, -0.25) is 29.0 Å². The summed E-state index contributed by atoms with van der Waals surface area (Å²) in [6.45, 7) is -0.380.